The molecule has 0 aliphatic rings. The maximum Gasteiger partial charge on any atom is 0.387 e. The molecule has 1 unspecified atom stereocenters. The second-order valence-corrected chi connectivity index (χ2v) is 6.52. The second-order valence-electron chi connectivity index (χ2n) is 5.68. The van der Waals surface area contributed by atoms with Gasteiger partial charge in [0.1, 0.15) is 5.75 Å². The summed E-state index contributed by atoms with van der Waals surface area (Å²) in [5.41, 5.74) is 1.01. The fourth-order valence-electron chi connectivity index (χ4n) is 2.40. The predicted molar refractivity (Wildman–Crippen MR) is 99.2 cm³/mol. The normalized spacial score (nSPS) is 12.3. The molecule has 0 saturated carbocycles. The molecular formula is C18H18Cl2F2N2O2. The number of amides is 1. The van der Waals surface area contributed by atoms with E-state index in [-0.39, 0.29) is 29.9 Å². The molecule has 0 aromatic heterocycles. The summed E-state index contributed by atoms with van der Waals surface area (Å²) in [4.78, 5) is 14.1. The Morgan fingerprint density at radius 3 is 2.58 bits per heavy atom. The standard InChI is InChI=1S/C18H18Cl2F2N2O2/c1-11(13-8-7-12(19)9-14(13)20)24(2)10-17(25)23-15-5-3-4-6-16(15)26-18(21)22/h3-9,11,18H,10H2,1-2H3,(H,23,25). The Morgan fingerprint density at radius 2 is 1.92 bits per heavy atom. The number of alkyl halides is 2. The highest BCUT2D eigenvalue weighted by Gasteiger charge is 2.18. The zero-order valence-corrected chi connectivity index (χ0v) is 15.7. The van der Waals surface area contributed by atoms with E-state index < -0.39 is 6.61 Å². The third-order valence-corrected chi connectivity index (χ3v) is 4.41. The van der Waals surface area contributed by atoms with E-state index in [0.717, 1.165) is 5.56 Å². The summed E-state index contributed by atoms with van der Waals surface area (Å²) < 4.78 is 29.3. The molecule has 0 aliphatic heterocycles. The lowest BCUT2D eigenvalue weighted by Crippen LogP contribution is -2.32. The van der Waals surface area contributed by atoms with Gasteiger partial charge in [0.2, 0.25) is 5.91 Å². The van der Waals surface area contributed by atoms with Gasteiger partial charge in [-0.15, -0.1) is 0 Å². The van der Waals surface area contributed by atoms with Gasteiger partial charge in [-0.1, -0.05) is 41.4 Å². The minimum absolute atomic E-state index is 0.0309. The minimum Gasteiger partial charge on any atom is -0.433 e. The van der Waals surface area contributed by atoms with Crippen molar-refractivity contribution in [2.24, 2.45) is 0 Å². The number of hydrogen-bond acceptors (Lipinski definition) is 3. The molecule has 26 heavy (non-hydrogen) atoms. The summed E-state index contributed by atoms with van der Waals surface area (Å²) in [6.07, 6.45) is 0. The Labute approximate surface area is 160 Å². The molecule has 0 fully saturated rings. The first-order chi connectivity index (χ1) is 12.3. The van der Waals surface area contributed by atoms with Crippen LogP contribution < -0.4 is 10.1 Å². The Kier molecular flexibility index (Phi) is 7.20. The van der Waals surface area contributed by atoms with Crippen LogP contribution in [0.1, 0.15) is 18.5 Å². The summed E-state index contributed by atoms with van der Waals surface area (Å²) >= 11 is 12.1. The van der Waals surface area contributed by atoms with Crippen LogP contribution in [0.25, 0.3) is 0 Å². The molecule has 1 atom stereocenters. The Hall–Kier alpha value is -1.89. The first kappa shape index (κ1) is 20.4. The van der Waals surface area contributed by atoms with Gasteiger partial charge in [-0.25, -0.2) is 0 Å². The molecule has 0 radical (unpaired) electrons. The van der Waals surface area contributed by atoms with E-state index in [9.17, 15) is 13.6 Å². The van der Waals surface area contributed by atoms with Crippen molar-refractivity contribution < 1.29 is 18.3 Å². The van der Waals surface area contributed by atoms with Crippen LogP contribution in [0.15, 0.2) is 42.5 Å². The maximum atomic E-state index is 12.4. The molecular weight excluding hydrogens is 385 g/mol. The molecule has 8 heteroatoms. The number of halogens is 4. The molecule has 1 amide bonds. The summed E-state index contributed by atoms with van der Waals surface area (Å²) in [5.74, 6) is -0.456. The molecule has 0 saturated heterocycles. The van der Waals surface area contributed by atoms with Crippen LogP contribution >= 0.6 is 23.2 Å². The van der Waals surface area contributed by atoms with Gasteiger partial charge in [-0.2, -0.15) is 8.78 Å². The van der Waals surface area contributed by atoms with Crippen molar-refractivity contribution in [3.05, 3.63) is 58.1 Å². The Balaban J connectivity index is 2.03. The molecule has 0 aliphatic carbocycles. The Morgan fingerprint density at radius 1 is 1.23 bits per heavy atom. The van der Waals surface area contributed by atoms with Crippen molar-refractivity contribution in [3.63, 3.8) is 0 Å². The largest absolute Gasteiger partial charge is 0.433 e. The van der Waals surface area contributed by atoms with Gasteiger partial charge < -0.3 is 10.1 Å². The number of carbonyl (C=O) groups is 1. The molecule has 0 heterocycles. The molecule has 0 spiro atoms. The number of rotatable bonds is 7. The number of ether oxygens (including phenoxy) is 1. The van der Waals surface area contributed by atoms with Crippen molar-refractivity contribution in [2.45, 2.75) is 19.6 Å². The average molecular weight is 403 g/mol. The zero-order valence-electron chi connectivity index (χ0n) is 14.2. The summed E-state index contributed by atoms with van der Waals surface area (Å²) in [6, 6.07) is 11.0. The molecule has 140 valence electrons. The van der Waals surface area contributed by atoms with E-state index in [0.29, 0.717) is 10.0 Å². The monoisotopic (exact) mass is 402 g/mol. The van der Waals surface area contributed by atoms with Crippen LogP contribution in [0.4, 0.5) is 14.5 Å². The lowest BCUT2D eigenvalue weighted by molar-refractivity contribution is -0.117. The number of carbonyl (C=O) groups excluding carboxylic acids is 1. The maximum absolute atomic E-state index is 12.4. The third kappa shape index (κ3) is 5.56. The number of nitrogens with one attached hydrogen (secondary N) is 1. The molecule has 2 aromatic carbocycles. The molecule has 2 rings (SSSR count). The second kappa shape index (κ2) is 9.16. The fraction of sp³-hybridized carbons (Fsp3) is 0.278. The SMILES string of the molecule is CC(c1ccc(Cl)cc1Cl)N(C)CC(=O)Nc1ccccc1OC(F)F. The summed E-state index contributed by atoms with van der Waals surface area (Å²) in [6.45, 7) is -1.04. The Bertz CT molecular complexity index is 775. The highest BCUT2D eigenvalue weighted by atomic mass is 35.5. The van der Waals surface area contributed by atoms with Crippen LogP contribution in [0, 0.1) is 0 Å². The topological polar surface area (TPSA) is 41.6 Å². The van der Waals surface area contributed by atoms with Gasteiger partial charge >= 0.3 is 6.61 Å². The lowest BCUT2D eigenvalue weighted by atomic mass is 10.1. The van der Waals surface area contributed by atoms with Crippen LogP contribution in [-0.4, -0.2) is 31.0 Å². The number of likely N-dealkylation sites (N-methyl/N-ethyl adjacent to an activating group) is 1. The van der Waals surface area contributed by atoms with Gasteiger partial charge in [0, 0.05) is 16.1 Å². The predicted octanol–water partition coefficient (Wildman–Crippen LogP) is 5.23. The van der Waals surface area contributed by atoms with E-state index in [4.69, 9.17) is 23.2 Å². The van der Waals surface area contributed by atoms with E-state index >= 15 is 0 Å². The van der Waals surface area contributed by atoms with Gasteiger partial charge in [0.15, 0.2) is 0 Å². The fourth-order valence-corrected chi connectivity index (χ4v) is 2.97. The number of para-hydroxylation sites is 2. The van der Waals surface area contributed by atoms with E-state index in [1.54, 1.807) is 42.3 Å². The molecule has 2 aromatic rings. The number of hydrogen-bond donors (Lipinski definition) is 1. The van der Waals surface area contributed by atoms with Crippen molar-refractivity contribution in [1.82, 2.24) is 4.90 Å². The average Bonchev–Trinajstić information content (AvgIpc) is 2.55. The molecule has 1 N–H and O–H groups in total. The highest BCUT2D eigenvalue weighted by Crippen LogP contribution is 2.29. The quantitative estimate of drug-likeness (QED) is 0.689. The van der Waals surface area contributed by atoms with Gasteiger partial charge in [-0.05, 0) is 43.8 Å². The number of benzene rings is 2. The first-order valence-corrected chi connectivity index (χ1v) is 8.52. The van der Waals surface area contributed by atoms with Gasteiger partial charge in [0.25, 0.3) is 0 Å². The van der Waals surface area contributed by atoms with Crippen LogP contribution in [0.5, 0.6) is 5.75 Å². The zero-order chi connectivity index (χ0) is 19.3. The number of nitrogens with zero attached hydrogens (tertiary/aromatic N) is 1. The van der Waals surface area contributed by atoms with Crippen molar-refractivity contribution in [2.75, 3.05) is 18.9 Å². The van der Waals surface area contributed by atoms with E-state index in [1.165, 1.54) is 12.1 Å². The molecule has 0 bridgehead atoms. The van der Waals surface area contributed by atoms with Gasteiger partial charge in [0.05, 0.1) is 12.2 Å². The van der Waals surface area contributed by atoms with Crippen molar-refractivity contribution >= 4 is 34.8 Å². The van der Waals surface area contributed by atoms with E-state index in [1.807, 2.05) is 6.92 Å². The number of anilines is 1. The minimum atomic E-state index is -2.97. The first-order valence-electron chi connectivity index (χ1n) is 7.76. The van der Waals surface area contributed by atoms with Crippen LogP contribution in [-0.2, 0) is 4.79 Å². The van der Waals surface area contributed by atoms with Crippen LogP contribution in [0.3, 0.4) is 0 Å². The summed E-state index contributed by atoms with van der Waals surface area (Å²) in [5, 5.41) is 3.62. The van der Waals surface area contributed by atoms with Crippen molar-refractivity contribution in [1.29, 1.82) is 0 Å². The van der Waals surface area contributed by atoms with E-state index in [2.05, 4.69) is 10.1 Å². The third-order valence-electron chi connectivity index (χ3n) is 3.84. The highest BCUT2D eigenvalue weighted by molar-refractivity contribution is 6.35. The smallest absolute Gasteiger partial charge is 0.387 e. The lowest BCUT2D eigenvalue weighted by Gasteiger charge is -2.25. The summed E-state index contributed by atoms with van der Waals surface area (Å²) in [7, 11) is 1.76. The van der Waals surface area contributed by atoms with Crippen molar-refractivity contribution in [3.8, 4) is 5.75 Å². The van der Waals surface area contributed by atoms with Crippen LogP contribution in [0.2, 0.25) is 10.0 Å². The van der Waals surface area contributed by atoms with Gasteiger partial charge in [-0.3, -0.25) is 9.69 Å². The molecule has 4 nitrogen and oxygen atoms in total.